The van der Waals surface area contributed by atoms with Crippen molar-refractivity contribution in [3.8, 4) is 0 Å². The van der Waals surface area contributed by atoms with Crippen molar-refractivity contribution in [3.63, 3.8) is 0 Å². The molecule has 0 aliphatic carbocycles. The van der Waals surface area contributed by atoms with Crippen molar-refractivity contribution in [2.75, 3.05) is 37.6 Å². The summed E-state index contributed by atoms with van der Waals surface area (Å²) in [4.78, 5) is 29.9. The maximum Gasteiger partial charge on any atom is 0.261 e. The molecule has 1 aromatic heterocycles. The number of benzene rings is 1. The van der Waals surface area contributed by atoms with E-state index in [0.29, 0.717) is 24.0 Å². The minimum Gasteiger partial charge on any atom is -0.369 e. The van der Waals surface area contributed by atoms with Crippen molar-refractivity contribution in [1.82, 2.24) is 15.5 Å². The Kier molecular flexibility index (Phi) is 7.06. The number of carbonyl (C=O) groups excluding carboxylic acids is 2. The summed E-state index contributed by atoms with van der Waals surface area (Å²) in [7, 11) is 0. The molecule has 7 heteroatoms. The molecule has 0 radical (unpaired) electrons. The van der Waals surface area contributed by atoms with E-state index in [1.807, 2.05) is 18.2 Å². The SMILES string of the molecule is CC(=O)NCc1ccc(C(=O)NCC(C)N2CCN(c3ccccc3)CC2)s1. The van der Waals surface area contributed by atoms with Crippen LogP contribution < -0.4 is 15.5 Å². The van der Waals surface area contributed by atoms with E-state index in [0.717, 1.165) is 31.1 Å². The number of para-hydroxylation sites is 1. The fraction of sp³-hybridized carbons (Fsp3) is 0.429. The van der Waals surface area contributed by atoms with Gasteiger partial charge in [0, 0.05) is 56.3 Å². The van der Waals surface area contributed by atoms with Crippen LogP contribution in [-0.4, -0.2) is 55.5 Å². The lowest BCUT2D eigenvalue weighted by molar-refractivity contribution is -0.119. The first-order chi connectivity index (χ1) is 13.5. The molecule has 1 unspecified atom stereocenters. The standard InChI is InChI=1S/C21H28N4O2S/c1-16(24-10-12-25(13-11-24)18-6-4-3-5-7-18)14-23-21(27)20-9-8-19(28-20)15-22-17(2)26/h3-9,16H,10-15H2,1-2H3,(H,22,26)(H,23,27). The van der Waals surface area contributed by atoms with Gasteiger partial charge in [0.25, 0.3) is 5.91 Å². The van der Waals surface area contributed by atoms with Gasteiger partial charge in [0.15, 0.2) is 0 Å². The molecule has 6 nitrogen and oxygen atoms in total. The average molecular weight is 401 g/mol. The smallest absolute Gasteiger partial charge is 0.261 e. The zero-order chi connectivity index (χ0) is 19.9. The van der Waals surface area contributed by atoms with Crippen LogP contribution in [0.4, 0.5) is 5.69 Å². The second kappa shape index (κ2) is 9.71. The third kappa shape index (κ3) is 5.56. The molecule has 1 saturated heterocycles. The second-order valence-electron chi connectivity index (χ2n) is 7.09. The van der Waals surface area contributed by atoms with Gasteiger partial charge in [0.2, 0.25) is 5.91 Å². The first kappa shape index (κ1) is 20.4. The minimum atomic E-state index is -0.0689. The molecule has 2 amide bonds. The summed E-state index contributed by atoms with van der Waals surface area (Å²) in [5.74, 6) is -0.116. The van der Waals surface area contributed by atoms with Crippen LogP contribution in [-0.2, 0) is 11.3 Å². The molecular weight excluding hydrogens is 372 g/mol. The highest BCUT2D eigenvalue weighted by Crippen LogP contribution is 2.18. The lowest BCUT2D eigenvalue weighted by atomic mass is 10.2. The molecule has 1 aliphatic rings. The summed E-state index contributed by atoms with van der Waals surface area (Å²) in [6, 6.07) is 14.5. The summed E-state index contributed by atoms with van der Waals surface area (Å²) in [5.41, 5.74) is 1.27. The Balaban J connectivity index is 1.42. The Hall–Kier alpha value is -2.38. The number of rotatable bonds is 7. The Morgan fingerprint density at radius 2 is 1.75 bits per heavy atom. The fourth-order valence-corrected chi connectivity index (χ4v) is 4.19. The number of amides is 2. The molecule has 0 bridgehead atoms. The van der Waals surface area contributed by atoms with Gasteiger partial charge in [-0.15, -0.1) is 11.3 Å². The maximum atomic E-state index is 12.4. The molecule has 3 rings (SSSR count). The zero-order valence-electron chi connectivity index (χ0n) is 16.5. The summed E-state index contributed by atoms with van der Waals surface area (Å²) < 4.78 is 0. The van der Waals surface area contributed by atoms with Crippen LogP contribution in [0.2, 0.25) is 0 Å². The van der Waals surface area contributed by atoms with E-state index in [2.05, 4.69) is 51.6 Å². The van der Waals surface area contributed by atoms with E-state index in [1.165, 1.54) is 23.9 Å². The molecule has 0 saturated carbocycles. The van der Waals surface area contributed by atoms with Crippen LogP contribution in [0.5, 0.6) is 0 Å². The number of hydrogen-bond acceptors (Lipinski definition) is 5. The van der Waals surface area contributed by atoms with Gasteiger partial charge < -0.3 is 15.5 Å². The Morgan fingerprint density at radius 3 is 2.43 bits per heavy atom. The fourth-order valence-electron chi connectivity index (χ4n) is 3.32. The third-order valence-corrected chi connectivity index (χ3v) is 6.10. The lowest BCUT2D eigenvalue weighted by Crippen LogP contribution is -2.52. The quantitative estimate of drug-likeness (QED) is 0.749. The van der Waals surface area contributed by atoms with Gasteiger partial charge in [-0.1, -0.05) is 18.2 Å². The molecule has 1 aromatic carbocycles. The number of thiophene rings is 1. The molecule has 1 aliphatic heterocycles. The molecule has 2 aromatic rings. The van der Waals surface area contributed by atoms with Crippen molar-refractivity contribution in [2.24, 2.45) is 0 Å². The van der Waals surface area contributed by atoms with Gasteiger partial charge in [-0.2, -0.15) is 0 Å². The molecule has 1 fully saturated rings. The predicted octanol–water partition coefficient (Wildman–Crippen LogP) is 2.32. The third-order valence-electron chi connectivity index (χ3n) is 5.01. The van der Waals surface area contributed by atoms with Crippen molar-refractivity contribution in [2.45, 2.75) is 26.4 Å². The summed E-state index contributed by atoms with van der Waals surface area (Å²) in [6.45, 7) is 8.73. The number of anilines is 1. The van der Waals surface area contributed by atoms with Crippen molar-refractivity contribution < 1.29 is 9.59 Å². The van der Waals surface area contributed by atoms with E-state index in [4.69, 9.17) is 0 Å². The van der Waals surface area contributed by atoms with Crippen LogP contribution in [0, 0.1) is 0 Å². The van der Waals surface area contributed by atoms with E-state index < -0.39 is 0 Å². The molecule has 2 N–H and O–H groups in total. The minimum absolute atomic E-state index is 0.0474. The molecular formula is C21H28N4O2S. The monoisotopic (exact) mass is 400 g/mol. The van der Waals surface area contributed by atoms with Crippen LogP contribution in [0.25, 0.3) is 0 Å². The highest BCUT2D eigenvalue weighted by atomic mass is 32.1. The Labute approximate surface area is 170 Å². The van der Waals surface area contributed by atoms with Gasteiger partial charge in [0.1, 0.15) is 0 Å². The van der Waals surface area contributed by atoms with Crippen molar-refractivity contribution >= 4 is 28.8 Å². The second-order valence-corrected chi connectivity index (χ2v) is 8.26. The molecule has 28 heavy (non-hydrogen) atoms. The van der Waals surface area contributed by atoms with Gasteiger partial charge in [-0.3, -0.25) is 14.5 Å². The van der Waals surface area contributed by atoms with E-state index >= 15 is 0 Å². The molecule has 0 spiro atoms. The van der Waals surface area contributed by atoms with E-state index in [1.54, 1.807) is 0 Å². The van der Waals surface area contributed by atoms with E-state index in [-0.39, 0.29) is 11.8 Å². The zero-order valence-corrected chi connectivity index (χ0v) is 17.3. The van der Waals surface area contributed by atoms with Gasteiger partial charge in [-0.25, -0.2) is 0 Å². The molecule has 150 valence electrons. The maximum absolute atomic E-state index is 12.4. The highest BCUT2D eigenvalue weighted by Gasteiger charge is 2.22. The molecule has 1 atom stereocenters. The average Bonchev–Trinajstić information content (AvgIpc) is 3.20. The van der Waals surface area contributed by atoms with Crippen LogP contribution >= 0.6 is 11.3 Å². The van der Waals surface area contributed by atoms with Crippen molar-refractivity contribution in [1.29, 1.82) is 0 Å². The number of nitrogens with zero attached hydrogens (tertiary/aromatic N) is 2. The predicted molar refractivity (Wildman–Crippen MR) is 114 cm³/mol. The first-order valence-electron chi connectivity index (χ1n) is 9.68. The van der Waals surface area contributed by atoms with E-state index in [9.17, 15) is 9.59 Å². The van der Waals surface area contributed by atoms with Gasteiger partial charge in [-0.05, 0) is 31.2 Å². The highest BCUT2D eigenvalue weighted by molar-refractivity contribution is 7.14. The summed E-state index contributed by atoms with van der Waals surface area (Å²) >= 11 is 1.42. The number of hydrogen-bond donors (Lipinski definition) is 2. The van der Waals surface area contributed by atoms with Gasteiger partial charge >= 0.3 is 0 Å². The first-order valence-corrected chi connectivity index (χ1v) is 10.5. The Bertz CT molecular complexity index is 785. The number of carbonyl (C=O) groups is 2. The molecule has 2 heterocycles. The van der Waals surface area contributed by atoms with Crippen LogP contribution in [0.15, 0.2) is 42.5 Å². The number of nitrogens with one attached hydrogen (secondary N) is 2. The number of piperazine rings is 1. The Morgan fingerprint density at radius 1 is 1.04 bits per heavy atom. The largest absolute Gasteiger partial charge is 0.369 e. The lowest BCUT2D eigenvalue weighted by Gasteiger charge is -2.39. The summed E-state index contributed by atoms with van der Waals surface area (Å²) in [6.07, 6.45) is 0. The van der Waals surface area contributed by atoms with Gasteiger partial charge in [0.05, 0.1) is 11.4 Å². The van der Waals surface area contributed by atoms with Crippen molar-refractivity contribution in [3.05, 3.63) is 52.2 Å². The topological polar surface area (TPSA) is 64.7 Å². The van der Waals surface area contributed by atoms with Crippen LogP contribution in [0.1, 0.15) is 28.4 Å². The normalized spacial score (nSPS) is 15.9. The summed E-state index contributed by atoms with van der Waals surface area (Å²) in [5, 5.41) is 5.80. The van der Waals surface area contributed by atoms with Crippen LogP contribution in [0.3, 0.4) is 0 Å².